The highest BCUT2D eigenvalue weighted by Crippen LogP contribution is 2.23. The minimum atomic E-state index is -0.261. The molecule has 0 aliphatic carbocycles. The summed E-state index contributed by atoms with van der Waals surface area (Å²) < 4.78 is 13.7. The van der Waals surface area contributed by atoms with Gasteiger partial charge in [0, 0.05) is 16.9 Å². The van der Waals surface area contributed by atoms with Gasteiger partial charge in [-0.05, 0) is 22.0 Å². The lowest BCUT2D eigenvalue weighted by Crippen LogP contribution is -1.79. The van der Waals surface area contributed by atoms with Crippen molar-refractivity contribution in [3.8, 4) is 0 Å². The fourth-order valence-corrected chi connectivity index (χ4v) is 1.47. The summed E-state index contributed by atoms with van der Waals surface area (Å²) in [5, 5.41) is 0.507. The molecule has 2 aromatic rings. The molecular formula is C7H4BrFN2. The lowest BCUT2D eigenvalue weighted by atomic mass is 10.3. The summed E-state index contributed by atoms with van der Waals surface area (Å²) in [5.74, 6) is -0.261. The van der Waals surface area contributed by atoms with Crippen LogP contribution in [0.2, 0.25) is 0 Å². The topological polar surface area (TPSA) is 28.7 Å². The number of nitrogens with zero attached hydrogens (tertiary/aromatic N) is 1. The van der Waals surface area contributed by atoms with Crippen molar-refractivity contribution in [1.82, 2.24) is 9.97 Å². The third kappa shape index (κ3) is 0.939. The second-order valence-electron chi connectivity index (χ2n) is 2.15. The Kier molecular flexibility index (Phi) is 1.42. The van der Waals surface area contributed by atoms with Crippen molar-refractivity contribution in [2.75, 3.05) is 0 Å². The van der Waals surface area contributed by atoms with Crippen LogP contribution in [0.4, 0.5) is 4.39 Å². The Hall–Kier alpha value is -0.900. The number of aromatic amines is 1. The van der Waals surface area contributed by atoms with E-state index in [-0.39, 0.29) is 5.82 Å². The van der Waals surface area contributed by atoms with Crippen molar-refractivity contribution in [2.45, 2.75) is 0 Å². The summed E-state index contributed by atoms with van der Waals surface area (Å²) in [6, 6.07) is 1.33. The van der Waals surface area contributed by atoms with Gasteiger partial charge in [0.1, 0.15) is 11.5 Å². The molecule has 0 atom stereocenters. The standard InChI is InChI=1S/C7H4BrFN2/c8-4-3-11-7-6(4)5(9)1-2-10-7/h1-3H,(H,10,11). The molecule has 2 nitrogen and oxygen atoms in total. The summed E-state index contributed by atoms with van der Waals surface area (Å²) >= 11 is 3.21. The smallest absolute Gasteiger partial charge is 0.141 e. The molecule has 0 spiro atoms. The van der Waals surface area contributed by atoms with E-state index in [2.05, 4.69) is 25.9 Å². The van der Waals surface area contributed by atoms with Gasteiger partial charge < -0.3 is 4.98 Å². The maximum atomic E-state index is 13.0. The second-order valence-corrected chi connectivity index (χ2v) is 3.01. The summed E-state index contributed by atoms with van der Waals surface area (Å²) in [6.07, 6.45) is 3.10. The van der Waals surface area contributed by atoms with E-state index in [1.807, 2.05) is 0 Å². The Bertz CT molecular complexity index is 396. The molecule has 56 valence electrons. The number of H-pyrrole nitrogens is 1. The largest absolute Gasteiger partial charge is 0.345 e. The van der Waals surface area contributed by atoms with Crippen molar-refractivity contribution in [3.63, 3.8) is 0 Å². The van der Waals surface area contributed by atoms with Crippen LogP contribution in [-0.4, -0.2) is 9.97 Å². The molecule has 0 bridgehead atoms. The molecule has 0 saturated carbocycles. The molecule has 1 N–H and O–H groups in total. The number of hydrogen-bond donors (Lipinski definition) is 1. The number of nitrogens with one attached hydrogen (secondary N) is 1. The van der Waals surface area contributed by atoms with Crippen molar-refractivity contribution >= 4 is 27.0 Å². The first-order valence-electron chi connectivity index (χ1n) is 3.06. The SMILES string of the molecule is Fc1ccnc2[nH]cc(Br)c12. The highest BCUT2D eigenvalue weighted by atomic mass is 79.9. The number of halogens is 2. The summed E-state index contributed by atoms with van der Waals surface area (Å²) in [7, 11) is 0. The van der Waals surface area contributed by atoms with Crippen LogP contribution >= 0.6 is 15.9 Å². The van der Waals surface area contributed by atoms with E-state index in [0.29, 0.717) is 15.5 Å². The molecule has 0 aliphatic heterocycles. The maximum absolute atomic E-state index is 13.0. The first kappa shape index (κ1) is 6.79. The van der Waals surface area contributed by atoms with Gasteiger partial charge in [-0.1, -0.05) is 0 Å². The number of rotatable bonds is 0. The van der Waals surface area contributed by atoms with Crippen LogP contribution in [0.15, 0.2) is 22.9 Å². The number of hydrogen-bond acceptors (Lipinski definition) is 1. The number of pyridine rings is 1. The molecule has 2 aromatic heterocycles. The van der Waals surface area contributed by atoms with E-state index < -0.39 is 0 Å². The molecule has 0 amide bonds. The highest BCUT2D eigenvalue weighted by molar-refractivity contribution is 9.10. The summed E-state index contributed by atoms with van der Waals surface area (Å²) in [5.41, 5.74) is 0.567. The fraction of sp³-hybridized carbons (Fsp3) is 0. The van der Waals surface area contributed by atoms with Crippen molar-refractivity contribution in [3.05, 3.63) is 28.7 Å². The molecule has 11 heavy (non-hydrogen) atoms. The van der Waals surface area contributed by atoms with Crippen LogP contribution in [0.3, 0.4) is 0 Å². The minimum absolute atomic E-state index is 0.261. The normalized spacial score (nSPS) is 10.7. The Balaban J connectivity index is 2.96. The van der Waals surface area contributed by atoms with E-state index in [1.165, 1.54) is 12.3 Å². The molecule has 0 aliphatic rings. The van der Waals surface area contributed by atoms with Gasteiger partial charge in [-0.3, -0.25) is 0 Å². The number of fused-ring (bicyclic) bond motifs is 1. The second kappa shape index (κ2) is 2.30. The average molecular weight is 215 g/mol. The van der Waals surface area contributed by atoms with Crippen LogP contribution in [0.1, 0.15) is 0 Å². The molecule has 0 saturated heterocycles. The monoisotopic (exact) mass is 214 g/mol. The predicted octanol–water partition coefficient (Wildman–Crippen LogP) is 2.46. The van der Waals surface area contributed by atoms with Gasteiger partial charge in [0.25, 0.3) is 0 Å². The van der Waals surface area contributed by atoms with Crippen LogP contribution < -0.4 is 0 Å². The van der Waals surface area contributed by atoms with Crippen LogP contribution in [0, 0.1) is 5.82 Å². The fourth-order valence-electron chi connectivity index (χ4n) is 0.979. The Morgan fingerprint density at radius 1 is 1.55 bits per heavy atom. The summed E-state index contributed by atoms with van der Waals surface area (Å²) in [4.78, 5) is 6.77. The quantitative estimate of drug-likeness (QED) is 0.718. The first-order chi connectivity index (χ1) is 5.29. The van der Waals surface area contributed by atoms with Gasteiger partial charge in [0.15, 0.2) is 0 Å². The third-order valence-corrected chi connectivity index (χ3v) is 2.10. The number of aromatic nitrogens is 2. The molecule has 0 unspecified atom stereocenters. The van der Waals surface area contributed by atoms with Gasteiger partial charge in [-0.2, -0.15) is 0 Å². The predicted molar refractivity (Wildman–Crippen MR) is 43.8 cm³/mol. The summed E-state index contributed by atoms with van der Waals surface area (Å²) in [6.45, 7) is 0. The van der Waals surface area contributed by atoms with Crippen molar-refractivity contribution in [2.24, 2.45) is 0 Å². The Labute approximate surface area is 70.6 Å². The Morgan fingerprint density at radius 3 is 3.09 bits per heavy atom. The van der Waals surface area contributed by atoms with E-state index in [0.717, 1.165) is 0 Å². The lowest BCUT2D eigenvalue weighted by molar-refractivity contribution is 0.638. The van der Waals surface area contributed by atoms with E-state index >= 15 is 0 Å². The average Bonchev–Trinajstić information content (AvgIpc) is 2.34. The molecule has 0 fully saturated rings. The molecular weight excluding hydrogens is 211 g/mol. The van der Waals surface area contributed by atoms with E-state index in [1.54, 1.807) is 6.20 Å². The van der Waals surface area contributed by atoms with Gasteiger partial charge in [0.05, 0.1) is 5.39 Å². The molecule has 0 aromatic carbocycles. The first-order valence-corrected chi connectivity index (χ1v) is 3.85. The van der Waals surface area contributed by atoms with E-state index in [4.69, 9.17) is 0 Å². The van der Waals surface area contributed by atoms with Gasteiger partial charge in [-0.15, -0.1) is 0 Å². The van der Waals surface area contributed by atoms with Gasteiger partial charge in [-0.25, -0.2) is 9.37 Å². The minimum Gasteiger partial charge on any atom is -0.345 e. The molecule has 4 heteroatoms. The van der Waals surface area contributed by atoms with Crippen molar-refractivity contribution in [1.29, 1.82) is 0 Å². The van der Waals surface area contributed by atoms with Crippen LogP contribution in [-0.2, 0) is 0 Å². The van der Waals surface area contributed by atoms with Gasteiger partial charge in [0.2, 0.25) is 0 Å². The Morgan fingerprint density at radius 2 is 2.36 bits per heavy atom. The van der Waals surface area contributed by atoms with E-state index in [9.17, 15) is 4.39 Å². The van der Waals surface area contributed by atoms with Crippen LogP contribution in [0.5, 0.6) is 0 Å². The highest BCUT2D eigenvalue weighted by Gasteiger charge is 2.05. The zero-order valence-corrected chi connectivity index (χ0v) is 7.02. The zero-order valence-electron chi connectivity index (χ0n) is 5.44. The third-order valence-electron chi connectivity index (χ3n) is 1.47. The van der Waals surface area contributed by atoms with Crippen LogP contribution in [0.25, 0.3) is 11.0 Å². The lowest BCUT2D eigenvalue weighted by Gasteiger charge is -1.89. The molecule has 0 radical (unpaired) electrons. The maximum Gasteiger partial charge on any atom is 0.141 e. The molecule has 2 rings (SSSR count). The zero-order chi connectivity index (χ0) is 7.84. The van der Waals surface area contributed by atoms with Crippen molar-refractivity contribution < 1.29 is 4.39 Å². The molecule has 2 heterocycles. The van der Waals surface area contributed by atoms with Gasteiger partial charge >= 0.3 is 0 Å².